The maximum Gasteiger partial charge on any atom is 0.238 e. The molecule has 0 aliphatic carbocycles. The van der Waals surface area contributed by atoms with Crippen molar-refractivity contribution in [3.63, 3.8) is 0 Å². The van der Waals surface area contributed by atoms with E-state index in [2.05, 4.69) is 10.3 Å². The molecular weight excluding hydrogens is 391 g/mol. The van der Waals surface area contributed by atoms with Crippen LogP contribution in [-0.4, -0.2) is 36.8 Å². The van der Waals surface area contributed by atoms with E-state index in [0.29, 0.717) is 29.7 Å². The number of nitrogens with one attached hydrogen (secondary N) is 1. The standard InChI is InChI=1S/C19H20Cl2N2O4/c20-13-10-15(21)19(22-11-13)27-17-6-2-1-5-16(17)23-18(24)7-9-25-12-14-4-3-8-26-14/h1-2,5-6,10-11,14H,3-4,7-9,12H2,(H,23,24). The lowest BCUT2D eigenvalue weighted by Gasteiger charge is -2.13. The van der Waals surface area contributed by atoms with Crippen molar-refractivity contribution >= 4 is 34.8 Å². The summed E-state index contributed by atoms with van der Waals surface area (Å²) >= 11 is 11.9. The van der Waals surface area contributed by atoms with Crippen LogP contribution in [-0.2, 0) is 14.3 Å². The van der Waals surface area contributed by atoms with Gasteiger partial charge in [-0.25, -0.2) is 4.98 Å². The van der Waals surface area contributed by atoms with E-state index in [1.54, 1.807) is 24.3 Å². The fourth-order valence-corrected chi connectivity index (χ4v) is 3.03. The van der Waals surface area contributed by atoms with Crippen molar-refractivity contribution < 1.29 is 19.0 Å². The number of rotatable bonds is 8. The van der Waals surface area contributed by atoms with E-state index in [0.717, 1.165) is 19.4 Å². The second-order valence-corrected chi connectivity index (χ2v) is 6.89. The van der Waals surface area contributed by atoms with Gasteiger partial charge in [-0.15, -0.1) is 0 Å². The maximum atomic E-state index is 12.2. The van der Waals surface area contributed by atoms with Crippen LogP contribution in [0.25, 0.3) is 0 Å². The molecule has 1 saturated heterocycles. The van der Waals surface area contributed by atoms with Gasteiger partial charge in [0.2, 0.25) is 11.8 Å². The third-order valence-electron chi connectivity index (χ3n) is 3.94. The van der Waals surface area contributed by atoms with E-state index >= 15 is 0 Å². The van der Waals surface area contributed by atoms with Crippen LogP contribution in [0.1, 0.15) is 19.3 Å². The van der Waals surface area contributed by atoms with Crippen LogP contribution in [0.5, 0.6) is 11.6 Å². The molecule has 1 fully saturated rings. The first-order valence-electron chi connectivity index (χ1n) is 8.69. The Hall–Kier alpha value is -1.86. The molecule has 1 amide bonds. The number of hydrogen-bond donors (Lipinski definition) is 1. The molecule has 144 valence electrons. The van der Waals surface area contributed by atoms with Gasteiger partial charge in [0.25, 0.3) is 0 Å². The Morgan fingerprint density at radius 1 is 1.33 bits per heavy atom. The van der Waals surface area contributed by atoms with Gasteiger partial charge in [0.15, 0.2) is 5.75 Å². The van der Waals surface area contributed by atoms with Crippen molar-refractivity contribution in [2.75, 3.05) is 25.1 Å². The monoisotopic (exact) mass is 410 g/mol. The highest BCUT2D eigenvalue weighted by atomic mass is 35.5. The van der Waals surface area contributed by atoms with Gasteiger partial charge in [0.1, 0.15) is 5.02 Å². The zero-order valence-electron chi connectivity index (χ0n) is 14.6. The molecule has 1 unspecified atom stereocenters. The Kier molecular flexibility index (Phi) is 7.29. The minimum Gasteiger partial charge on any atom is -0.435 e. The largest absolute Gasteiger partial charge is 0.435 e. The number of carbonyl (C=O) groups excluding carboxylic acids is 1. The second kappa shape index (κ2) is 9.90. The van der Waals surface area contributed by atoms with Gasteiger partial charge in [-0.3, -0.25) is 4.79 Å². The van der Waals surface area contributed by atoms with Crippen molar-refractivity contribution in [1.29, 1.82) is 0 Å². The molecule has 8 heteroatoms. The van der Waals surface area contributed by atoms with Crippen LogP contribution in [0.3, 0.4) is 0 Å². The molecule has 27 heavy (non-hydrogen) atoms. The van der Waals surface area contributed by atoms with Crippen molar-refractivity contribution in [3.05, 3.63) is 46.6 Å². The average Bonchev–Trinajstić information content (AvgIpc) is 3.16. The Morgan fingerprint density at radius 3 is 2.96 bits per heavy atom. The topological polar surface area (TPSA) is 69.7 Å². The van der Waals surface area contributed by atoms with E-state index in [-0.39, 0.29) is 29.3 Å². The molecule has 2 aromatic rings. The minimum absolute atomic E-state index is 0.152. The minimum atomic E-state index is -0.173. The lowest BCUT2D eigenvalue weighted by atomic mass is 10.2. The average molecular weight is 411 g/mol. The van der Waals surface area contributed by atoms with Gasteiger partial charge in [0.05, 0.1) is 36.4 Å². The number of nitrogens with zero attached hydrogens (tertiary/aromatic N) is 1. The van der Waals surface area contributed by atoms with Crippen LogP contribution in [0.4, 0.5) is 5.69 Å². The van der Waals surface area contributed by atoms with E-state index in [4.69, 9.17) is 37.4 Å². The first kappa shape index (κ1) is 19.9. The Labute approximate surface area is 167 Å². The fraction of sp³-hybridized carbons (Fsp3) is 0.368. The normalized spacial score (nSPS) is 16.3. The lowest BCUT2D eigenvalue weighted by molar-refractivity contribution is -0.117. The van der Waals surface area contributed by atoms with Gasteiger partial charge in [-0.05, 0) is 31.0 Å². The highest BCUT2D eigenvalue weighted by Crippen LogP contribution is 2.33. The van der Waals surface area contributed by atoms with Gasteiger partial charge < -0.3 is 19.5 Å². The molecule has 1 aliphatic heterocycles. The molecule has 0 radical (unpaired) electrons. The fourth-order valence-electron chi connectivity index (χ4n) is 2.61. The van der Waals surface area contributed by atoms with Crippen molar-refractivity contribution in [2.24, 2.45) is 0 Å². The van der Waals surface area contributed by atoms with E-state index in [1.807, 2.05) is 0 Å². The third-order valence-corrected chi connectivity index (χ3v) is 4.42. The number of hydrogen-bond acceptors (Lipinski definition) is 5. The Morgan fingerprint density at radius 2 is 2.19 bits per heavy atom. The molecule has 1 aromatic heterocycles. The summed E-state index contributed by atoms with van der Waals surface area (Å²) in [6, 6.07) is 8.59. The third kappa shape index (κ3) is 6.07. The molecule has 0 saturated carbocycles. The zero-order chi connectivity index (χ0) is 19.1. The number of halogens is 2. The highest BCUT2D eigenvalue weighted by molar-refractivity contribution is 6.35. The molecule has 2 heterocycles. The van der Waals surface area contributed by atoms with Gasteiger partial charge >= 0.3 is 0 Å². The predicted molar refractivity (Wildman–Crippen MR) is 104 cm³/mol. The van der Waals surface area contributed by atoms with Gasteiger partial charge in [-0.1, -0.05) is 35.3 Å². The molecule has 1 aliphatic rings. The van der Waals surface area contributed by atoms with Crippen LogP contribution < -0.4 is 10.1 Å². The first-order valence-corrected chi connectivity index (χ1v) is 9.44. The number of aromatic nitrogens is 1. The van der Waals surface area contributed by atoms with Crippen LogP contribution in [0, 0.1) is 0 Å². The Bertz CT molecular complexity index is 782. The zero-order valence-corrected chi connectivity index (χ0v) is 16.1. The van der Waals surface area contributed by atoms with E-state index in [9.17, 15) is 4.79 Å². The number of para-hydroxylation sites is 2. The molecule has 1 atom stereocenters. The van der Waals surface area contributed by atoms with Crippen LogP contribution in [0.2, 0.25) is 10.0 Å². The number of carbonyl (C=O) groups is 1. The van der Waals surface area contributed by atoms with Gasteiger partial charge in [-0.2, -0.15) is 0 Å². The molecule has 1 N–H and O–H groups in total. The smallest absolute Gasteiger partial charge is 0.238 e. The molecule has 3 rings (SSSR count). The van der Waals surface area contributed by atoms with Crippen molar-refractivity contribution in [2.45, 2.75) is 25.4 Å². The van der Waals surface area contributed by atoms with Gasteiger partial charge in [0, 0.05) is 12.8 Å². The lowest BCUT2D eigenvalue weighted by Crippen LogP contribution is -2.18. The summed E-state index contributed by atoms with van der Waals surface area (Å²) in [7, 11) is 0. The summed E-state index contributed by atoms with van der Waals surface area (Å²) in [6.45, 7) is 1.64. The van der Waals surface area contributed by atoms with Crippen LogP contribution in [0.15, 0.2) is 36.5 Å². The Balaban J connectivity index is 1.52. The molecule has 0 bridgehead atoms. The molecule has 0 spiro atoms. The van der Waals surface area contributed by atoms with Crippen molar-refractivity contribution in [3.8, 4) is 11.6 Å². The summed E-state index contributed by atoms with van der Waals surface area (Å²) in [5.74, 6) is 0.471. The predicted octanol–water partition coefficient (Wildman–Crippen LogP) is 4.70. The van der Waals surface area contributed by atoms with E-state index in [1.165, 1.54) is 12.3 Å². The number of pyridine rings is 1. The summed E-state index contributed by atoms with van der Waals surface area (Å²) in [4.78, 5) is 16.2. The number of ether oxygens (including phenoxy) is 3. The summed E-state index contributed by atoms with van der Waals surface area (Å²) in [5, 5.41) is 3.52. The number of benzene rings is 1. The first-order chi connectivity index (χ1) is 13.1. The number of anilines is 1. The molecule has 6 nitrogen and oxygen atoms in total. The number of amides is 1. The summed E-state index contributed by atoms with van der Waals surface area (Å²) < 4.78 is 16.7. The quantitative estimate of drug-likeness (QED) is 0.638. The van der Waals surface area contributed by atoms with E-state index < -0.39 is 0 Å². The summed E-state index contributed by atoms with van der Waals surface area (Å²) in [6.07, 6.45) is 3.91. The highest BCUT2D eigenvalue weighted by Gasteiger charge is 2.16. The summed E-state index contributed by atoms with van der Waals surface area (Å²) in [5.41, 5.74) is 0.523. The molecular formula is C19H20Cl2N2O4. The SMILES string of the molecule is O=C(CCOCC1CCCO1)Nc1ccccc1Oc1ncc(Cl)cc1Cl. The maximum absolute atomic E-state index is 12.2. The molecule has 1 aromatic carbocycles. The van der Waals surface area contributed by atoms with Crippen molar-refractivity contribution in [1.82, 2.24) is 4.98 Å². The van der Waals surface area contributed by atoms with Crippen LogP contribution >= 0.6 is 23.2 Å². The second-order valence-electron chi connectivity index (χ2n) is 6.05.